The fourth-order valence-corrected chi connectivity index (χ4v) is 3.48. The molecule has 122 valence electrons. The molecule has 2 aromatic rings. The van der Waals surface area contributed by atoms with Crippen LogP contribution in [0.15, 0.2) is 53.4 Å². The number of thiocarbonyl (C=S) groups is 1. The molecule has 0 aliphatic carbocycles. The number of amides is 1. The first kappa shape index (κ1) is 16.5. The molecule has 4 nitrogen and oxygen atoms in total. The monoisotopic (exact) mass is 356 g/mol. The van der Waals surface area contributed by atoms with Gasteiger partial charge in [-0.15, -0.1) is 0 Å². The zero-order chi connectivity index (χ0) is 17.1. The molecule has 0 unspecified atom stereocenters. The van der Waals surface area contributed by atoms with Crippen molar-refractivity contribution in [3.05, 3.63) is 64.6 Å². The largest absolute Gasteiger partial charge is 0.496 e. The lowest BCUT2D eigenvalue weighted by atomic mass is 10.2. The summed E-state index contributed by atoms with van der Waals surface area (Å²) >= 11 is 6.62. The third kappa shape index (κ3) is 3.29. The van der Waals surface area contributed by atoms with Crippen molar-refractivity contribution >= 4 is 46.0 Å². The van der Waals surface area contributed by atoms with Gasteiger partial charge in [-0.3, -0.25) is 10.2 Å². The van der Waals surface area contributed by atoms with Crippen molar-refractivity contribution in [1.82, 2.24) is 5.01 Å². The minimum atomic E-state index is -0.167. The van der Waals surface area contributed by atoms with Crippen LogP contribution in [0.2, 0.25) is 0 Å². The molecule has 0 aromatic heterocycles. The average molecular weight is 356 g/mol. The van der Waals surface area contributed by atoms with Gasteiger partial charge in [0.1, 0.15) is 5.75 Å². The molecule has 1 heterocycles. The Balaban J connectivity index is 1.86. The molecule has 1 N–H and O–H groups in total. The lowest BCUT2D eigenvalue weighted by Gasteiger charge is -2.18. The first-order valence-electron chi connectivity index (χ1n) is 7.33. The van der Waals surface area contributed by atoms with E-state index in [0.29, 0.717) is 9.23 Å². The molecule has 24 heavy (non-hydrogen) atoms. The van der Waals surface area contributed by atoms with Crippen LogP contribution in [0.1, 0.15) is 11.1 Å². The van der Waals surface area contributed by atoms with E-state index in [0.717, 1.165) is 22.6 Å². The number of methoxy groups -OCH3 is 1. The van der Waals surface area contributed by atoms with Crippen molar-refractivity contribution in [3.8, 4) is 5.75 Å². The number of thioether (sulfide) groups is 1. The smallest absolute Gasteiger partial charge is 0.285 e. The van der Waals surface area contributed by atoms with E-state index in [2.05, 4.69) is 5.43 Å². The van der Waals surface area contributed by atoms with Crippen LogP contribution in [0.3, 0.4) is 0 Å². The molecule has 1 aliphatic heterocycles. The topological polar surface area (TPSA) is 41.6 Å². The standard InChI is InChI=1S/C18H16N2O2S2/c1-12-7-3-5-9-14(12)19-20-17(21)16(24-18(20)23)11-13-8-4-6-10-15(13)22-2/h3-11,19H,1-2H3/b16-11-. The molecule has 1 amide bonds. The van der Waals surface area contributed by atoms with Crippen molar-refractivity contribution in [2.24, 2.45) is 0 Å². The predicted octanol–water partition coefficient (Wildman–Crippen LogP) is 4.23. The van der Waals surface area contributed by atoms with E-state index in [9.17, 15) is 4.79 Å². The van der Waals surface area contributed by atoms with Crippen LogP contribution >= 0.6 is 24.0 Å². The third-order valence-electron chi connectivity index (χ3n) is 3.60. The number of carbonyl (C=O) groups excluding carboxylic acids is 1. The Hall–Kier alpha value is -2.31. The number of hydrazine groups is 1. The van der Waals surface area contributed by atoms with Gasteiger partial charge in [-0.2, -0.15) is 0 Å². The van der Waals surface area contributed by atoms with Crippen LogP contribution in [0.4, 0.5) is 5.69 Å². The molecule has 0 spiro atoms. The number of hydrogen-bond acceptors (Lipinski definition) is 5. The number of hydrogen-bond donors (Lipinski definition) is 1. The summed E-state index contributed by atoms with van der Waals surface area (Å²) in [5.74, 6) is 0.550. The number of nitrogens with zero attached hydrogens (tertiary/aromatic N) is 1. The average Bonchev–Trinajstić information content (AvgIpc) is 2.85. The van der Waals surface area contributed by atoms with Gasteiger partial charge in [0.05, 0.1) is 17.7 Å². The molecule has 1 fully saturated rings. The summed E-state index contributed by atoms with van der Waals surface area (Å²) in [7, 11) is 1.61. The summed E-state index contributed by atoms with van der Waals surface area (Å²) in [4.78, 5) is 13.2. The maximum Gasteiger partial charge on any atom is 0.285 e. The van der Waals surface area contributed by atoms with Crippen molar-refractivity contribution < 1.29 is 9.53 Å². The number of ether oxygens (including phenoxy) is 1. The normalized spacial score (nSPS) is 15.9. The third-order valence-corrected chi connectivity index (χ3v) is 4.90. The van der Waals surface area contributed by atoms with Crippen molar-refractivity contribution in [1.29, 1.82) is 0 Å². The Morgan fingerprint density at radius 2 is 1.88 bits per heavy atom. The summed E-state index contributed by atoms with van der Waals surface area (Å²) in [6, 6.07) is 15.3. The maximum atomic E-state index is 12.7. The first-order valence-corrected chi connectivity index (χ1v) is 8.56. The van der Waals surface area contributed by atoms with Gasteiger partial charge in [0, 0.05) is 5.56 Å². The number of rotatable bonds is 4. The molecule has 0 atom stereocenters. The van der Waals surface area contributed by atoms with Gasteiger partial charge in [0.2, 0.25) is 0 Å². The van der Waals surface area contributed by atoms with Gasteiger partial charge in [0.25, 0.3) is 5.91 Å². The van der Waals surface area contributed by atoms with E-state index in [1.807, 2.05) is 55.5 Å². The second-order valence-corrected chi connectivity index (χ2v) is 6.86. The lowest BCUT2D eigenvalue weighted by molar-refractivity contribution is -0.121. The Kier molecular flexibility index (Phi) is 4.87. The molecular formula is C18H16N2O2S2. The van der Waals surface area contributed by atoms with Gasteiger partial charge < -0.3 is 4.74 Å². The quantitative estimate of drug-likeness (QED) is 0.656. The molecule has 0 bridgehead atoms. The molecule has 0 saturated carbocycles. The second-order valence-electron chi connectivity index (χ2n) is 5.19. The molecule has 1 aliphatic rings. The number of aryl methyl sites for hydroxylation is 1. The number of anilines is 1. The van der Waals surface area contributed by atoms with E-state index in [1.54, 1.807) is 13.2 Å². The van der Waals surface area contributed by atoms with Crippen LogP contribution in [0.5, 0.6) is 5.75 Å². The van der Waals surface area contributed by atoms with Gasteiger partial charge in [-0.1, -0.05) is 48.2 Å². The Morgan fingerprint density at radius 1 is 1.17 bits per heavy atom. The number of para-hydroxylation sites is 2. The highest BCUT2D eigenvalue weighted by Gasteiger charge is 2.32. The van der Waals surface area contributed by atoms with Gasteiger partial charge >= 0.3 is 0 Å². The van der Waals surface area contributed by atoms with Crippen LogP contribution < -0.4 is 10.2 Å². The van der Waals surface area contributed by atoms with E-state index >= 15 is 0 Å². The van der Waals surface area contributed by atoms with Crippen LogP contribution in [-0.2, 0) is 4.79 Å². The van der Waals surface area contributed by atoms with E-state index < -0.39 is 0 Å². The summed E-state index contributed by atoms with van der Waals surface area (Å²) in [6.45, 7) is 1.98. The van der Waals surface area contributed by atoms with E-state index in [-0.39, 0.29) is 5.91 Å². The summed E-state index contributed by atoms with van der Waals surface area (Å²) < 4.78 is 5.80. The molecule has 6 heteroatoms. The highest BCUT2D eigenvalue weighted by molar-refractivity contribution is 8.26. The minimum Gasteiger partial charge on any atom is -0.496 e. The predicted molar refractivity (Wildman–Crippen MR) is 103 cm³/mol. The molecule has 1 saturated heterocycles. The molecule has 2 aromatic carbocycles. The minimum absolute atomic E-state index is 0.167. The summed E-state index contributed by atoms with van der Waals surface area (Å²) in [6.07, 6.45) is 1.80. The Morgan fingerprint density at radius 3 is 2.62 bits per heavy atom. The highest BCUT2D eigenvalue weighted by Crippen LogP contribution is 2.34. The van der Waals surface area contributed by atoms with E-state index in [1.165, 1.54) is 16.8 Å². The Labute approximate surface area is 150 Å². The van der Waals surface area contributed by atoms with E-state index in [4.69, 9.17) is 17.0 Å². The van der Waals surface area contributed by atoms with Crippen LogP contribution in [0.25, 0.3) is 6.08 Å². The SMILES string of the molecule is COc1ccccc1/C=C1\SC(=S)N(Nc2ccccc2C)C1=O. The van der Waals surface area contributed by atoms with Crippen LogP contribution in [-0.4, -0.2) is 22.3 Å². The molecule has 3 rings (SSSR count). The van der Waals surface area contributed by atoms with Crippen molar-refractivity contribution in [2.45, 2.75) is 6.92 Å². The number of benzene rings is 2. The summed E-state index contributed by atoms with van der Waals surface area (Å²) in [5.41, 5.74) is 5.84. The zero-order valence-electron chi connectivity index (χ0n) is 13.3. The fraction of sp³-hybridized carbons (Fsp3) is 0.111. The lowest BCUT2D eigenvalue weighted by Crippen LogP contribution is -2.34. The van der Waals surface area contributed by atoms with Crippen LogP contribution in [0, 0.1) is 6.92 Å². The maximum absolute atomic E-state index is 12.7. The highest BCUT2D eigenvalue weighted by atomic mass is 32.2. The van der Waals surface area contributed by atoms with Gasteiger partial charge in [-0.25, -0.2) is 5.01 Å². The Bertz CT molecular complexity index is 833. The fourth-order valence-electron chi connectivity index (χ4n) is 2.31. The molecule has 0 radical (unpaired) electrons. The van der Waals surface area contributed by atoms with Crippen molar-refractivity contribution in [2.75, 3.05) is 12.5 Å². The summed E-state index contributed by atoms with van der Waals surface area (Å²) in [5, 5.41) is 1.41. The van der Waals surface area contributed by atoms with Gasteiger partial charge in [-0.05, 0) is 42.9 Å². The first-order chi connectivity index (χ1) is 11.6. The second kappa shape index (κ2) is 7.07. The zero-order valence-corrected chi connectivity index (χ0v) is 14.9. The number of nitrogens with one attached hydrogen (secondary N) is 1. The van der Waals surface area contributed by atoms with Crippen molar-refractivity contribution in [3.63, 3.8) is 0 Å². The molecular weight excluding hydrogens is 340 g/mol. The number of carbonyl (C=O) groups is 1. The van der Waals surface area contributed by atoms with Gasteiger partial charge in [0.15, 0.2) is 4.32 Å².